The van der Waals surface area contributed by atoms with Crippen LogP contribution in [0.5, 0.6) is 0 Å². The summed E-state index contributed by atoms with van der Waals surface area (Å²) in [6.07, 6.45) is 4.22. The highest BCUT2D eigenvalue weighted by molar-refractivity contribution is 7.92. The zero-order chi connectivity index (χ0) is 31.3. The highest BCUT2D eigenvalue weighted by atomic mass is 35.5. The van der Waals surface area contributed by atoms with Crippen molar-refractivity contribution in [2.24, 2.45) is 0 Å². The molecular weight excluding hydrogens is 607 g/mol. The summed E-state index contributed by atoms with van der Waals surface area (Å²) in [5, 5.41) is 3.63. The summed E-state index contributed by atoms with van der Waals surface area (Å²) in [6.45, 7) is 0.880. The van der Waals surface area contributed by atoms with Gasteiger partial charge in [0, 0.05) is 61.8 Å². The third kappa shape index (κ3) is 5.30. The Morgan fingerprint density at radius 1 is 1.11 bits per heavy atom. The molecule has 2 amide bonds. The molecule has 228 valence electrons. The normalized spacial score (nSPS) is 15.6. The van der Waals surface area contributed by atoms with Crippen molar-refractivity contribution in [1.82, 2.24) is 14.6 Å². The van der Waals surface area contributed by atoms with Gasteiger partial charge in [-0.15, -0.1) is 0 Å². The number of amides is 2. The van der Waals surface area contributed by atoms with Crippen molar-refractivity contribution >= 4 is 55.6 Å². The molecule has 0 bridgehead atoms. The number of furan rings is 1. The van der Waals surface area contributed by atoms with Crippen LogP contribution in [0.1, 0.15) is 45.0 Å². The maximum absolute atomic E-state index is 13.7. The highest BCUT2D eigenvalue weighted by Crippen LogP contribution is 2.42. The second-order valence-electron chi connectivity index (χ2n) is 11.0. The molecule has 6 rings (SSSR count). The summed E-state index contributed by atoms with van der Waals surface area (Å²) in [4.78, 5) is 28.6. The highest BCUT2D eigenvalue weighted by Gasteiger charge is 2.32. The quantitative estimate of drug-likeness (QED) is 0.233. The number of fused-ring (bicyclic) bond motifs is 2. The smallest absolute Gasteiger partial charge is 0.255 e. The number of nitrogens with zero attached hydrogens (tertiary/aromatic N) is 3. The minimum atomic E-state index is -3.68. The predicted molar refractivity (Wildman–Crippen MR) is 169 cm³/mol. The first kappa shape index (κ1) is 29.7. The Hall–Kier alpha value is -4.35. The van der Waals surface area contributed by atoms with Crippen molar-refractivity contribution in [3.63, 3.8) is 0 Å². The van der Waals surface area contributed by atoms with Crippen molar-refractivity contribution in [1.29, 1.82) is 0 Å². The first-order valence-electron chi connectivity index (χ1n) is 14.0. The minimum absolute atomic E-state index is 0.151. The molecule has 1 N–H and O–H groups in total. The van der Waals surface area contributed by atoms with Gasteiger partial charge in [-0.2, -0.15) is 0 Å². The molecule has 12 heteroatoms. The Bertz CT molecular complexity index is 2040. The number of rotatable bonds is 6. The van der Waals surface area contributed by atoms with Crippen molar-refractivity contribution in [3.8, 4) is 11.3 Å². The number of nitrogens with one attached hydrogen (secondary N) is 1. The van der Waals surface area contributed by atoms with Crippen LogP contribution in [0.3, 0.4) is 0 Å². The lowest BCUT2D eigenvalue weighted by molar-refractivity contribution is 0.0707. The number of halogens is 2. The molecule has 9 nitrogen and oxygen atoms in total. The van der Waals surface area contributed by atoms with Gasteiger partial charge in [0.15, 0.2) is 0 Å². The molecule has 4 heterocycles. The van der Waals surface area contributed by atoms with E-state index in [0.29, 0.717) is 64.4 Å². The third-order valence-electron chi connectivity index (χ3n) is 8.21. The fourth-order valence-corrected chi connectivity index (χ4v) is 6.63. The van der Waals surface area contributed by atoms with Gasteiger partial charge in [-0.3, -0.25) is 13.9 Å². The van der Waals surface area contributed by atoms with E-state index in [1.807, 2.05) is 12.1 Å². The van der Waals surface area contributed by atoms with Crippen LogP contribution in [-0.4, -0.2) is 63.0 Å². The number of hydrogen-bond donors (Lipinski definition) is 1. The van der Waals surface area contributed by atoms with Crippen LogP contribution >= 0.6 is 11.6 Å². The van der Waals surface area contributed by atoms with Crippen LogP contribution in [0.2, 0.25) is 5.15 Å². The summed E-state index contributed by atoms with van der Waals surface area (Å²) in [5.41, 5.74) is 3.42. The van der Waals surface area contributed by atoms with E-state index >= 15 is 0 Å². The summed E-state index contributed by atoms with van der Waals surface area (Å²) in [5.74, 6) is -0.985. The molecule has 0 spiro atoms. The number of likely N-dealkylation sites (tertiary alicyclic amines) is 1. The predicted octanol–water partition coefficient (Wildman–Crippen LogP) is 5.92. The van der Waals surface area contributed by atoms with Crippen molar-refractivity contribution in [2.45, 2.75) is 18.8 Å². The van der Waals surface area contributed by atoms with Gasteiger partial charge >= 0.3 is 0 Å². The molecule has 0 saturated carbocycles. The average Bonchev–Trinajstić information content (AvgIpc) is 3.62. The number of carbonyl (C=O) groups is 2. The Balaban J connectivity index is 1.46. The molecule has 3 aromatic heterocycles. The van der Waals surface area contributed by atoms with Crippen LogP contribution in [0.25, 0.3) is 27.8 Å². The lowest BCUT2D eigenvalue weighted by Gasteiger charge is -2.34. The number of hydrogen-bond acceptors (Lipinski definition) is 5. The fourth-order valence-electron chi connectivity index (χ4n) is 5.90. The van der Waals surface area contributed by atoms with Gasteiger partial charge in [-0.05, 0) is 66.9 Å². The molecule has 0 aliphatic carbocycles. The summed E-state index contributed by atoms with van der Waals surface area (Å²) in [6, 6.07) is 16.3. The molecule has 44 heavy (non-hydrogen) atoms. The fraction of sp³-hybridized carbons (Fsp3) is 0.250. The largest absolute Gasteiger partial charge is 0.455 e. The van der Waals surface area contributed by atoms with Gasteiger partial charge in [-0.25, -0.2) is 12.8 Å². The number of sulfonamides is 1. The number of aromatic nitrogens is 1. The molecule has 0 radical (unpaired) electrons. The maximum atomic E-state index is 13.7. The maximum Gasteiger partial charge on any atom is 0.255 e. The topological polar surface area (TPSA) is 104 Å². The number of piperidine rings is 1. The Labute approximate surface area is 258 Å². The second-order valence-corrected chi connectivity index (χ2v) is 13.4. The van der Waals surface area contributed by atoms with E-state index in [1.165, 1.54) is 42.7 Å². The van der Waals surface area contributed by atoms with Gasteiger partial charge in [0.2, 0.25) is 10.0 Å². The number of benzene rings is 2. The van der Waals surface area contributed by atoms with Crippen molar-refractivity contribution in [3.05, 3.63) is 94.5 Å². The lowest BCUT2D eigenvalue weighted by atomic mass is 9.88. The number of anilines is 1. The third-order valence-corrected chi connectivity index (χ3v) is 9.71. The number of carbonyl (C=O) groups excluding carboxylic acids is 2. The van der Waals surface area contributed by atoms with Crippen molar-refractivity contribution in [2.75, 3.05) is 37.7 Å². The molecule has 5 aromatic rings. The summed E-state index contributed by atoms with van der Waals surface area (Å²) < 4.78 is 48.4. The zero-order valence-corrected chi connectivity index (χ0v) is 25.9. The Morgan fingerprint density at radius 3 is 2.55 bits per heavy atom. The standard InChI is InChI=1S/C32H30ClFN4O5S/c1-35-31(39)29-25-15-24(20-6-5-13-37(17-20)32(40)21-14-23-7-4-8-28(33)38(23)18-21)26(36(2)44(3,41)42)16-27(25)43-30(29)19-9-11-22(34)12-10-19/h4,7-12,14-16,18,20H,5-6,13,17H2,1-3H3,(H,35,39)/t20-/m0/s1. The molecule has 1 aliphatic heterocycles. The van der Waals surface area contributed by atoms with Crippen LogP contribution < -0.4 is 9.62 Å². The van der Waals surface area contributed by atoms with E-state index < -0.39 is 21.7 Å². The van der Waals surface area contributed by atoms with E-state index in [2.05, 4.69) is 5.32 Å². The van der Waals surface area contributed by atoms with Crippen LogP contribution in [-0.2, 0) is 10.0 Å². The van der Waals surface area contributed by atoms with Crippen LogP contribution in [0.15, 0.2) is 71.3 Å². The van der Waals surface area contributed by atoms with Crippen molar-refractivity contribution < 1.29 is 26.8 Å². The van der Waals surface area contributed by atoms with Crippen LogP contribution in [0, 0.1) is 5.82 Å². The van der Waals surface area contributed by atoms with Gasteiger partial charge in [-0.1, -0.05) is 17.7 Å². The lowest BCUT2D eigenvalue weighted by Crippen LogP contribution is -2.39. The first-order chi connectivity index (χ1) is 21.0. The molecule has 2 aromatic carbocycles. The average molecular weight is 637 g/mol. The molecule has 1 saturated heterocycles. The molecular formula is C32H30ClFN4O5S. The molecule has 1 atom stereocenters. The van der Waals surface area contributed by atoms with E-state index in [4.69, 9.17) is 16.0 Å². The zero-order valence-electron chi connectivity index (χ0n) is 24.3. The van der Waals surface area contributed by atoms with Gasteiger partial charge in [0.1, 0.15) is 22.3 Å². The van der Waals surface area contributed by atoms with E-state index in [-0.39, 0.29) is 23.1 Å². The molecule has 1 fully saturated rings. The summed E-state index contributed by atoms with van der Waals surface area (Å²) >= 11 is 6.32. The van der Waals surface area contributed by atoms with E-state index in [1.54, 1.807) is 39.8 Å². The van der Waals surface area contributed by atoms with Gasteiger partial charge < -0.3 is 19.0 Å². The number of pyridine rings is 1. The minimum Gasteiger partial charge on any atom is -0.455 e. The second kappa shape index (κ2) is 11.3. The van der Waals surface area contributed by atoms with Gasteiger partial charge in [0.05, 0.1) is 23.1 Å². The monoisotopic (exact) mass is 636 g/mol. The van der Waals surface area contributed by atoms with E-state index in [9.17, 15) is 22.4 Å². The Kier molecular flexibility index (Phi) is 7.63. The molecule has 1 aliphatic rings. The summed E-state index contributed by atoms with van der Waals surface area (Å²) in [7, 11) is -0.714. The Morgan fingerprint density at radius 2 is 1.86 bits per heavy atom. The SMILES string of the molecule is CNC(=O)c1c(-c2ccc(F)cc2)oc2cc(N(C)S(C)(=O)=O)c([C@H]3CCCN(C(=O)c4cc5cccc(Cl)n5c4)C3)cc12. The first-order valence-corrected chi connectivity index (χ1v) is 16.3. The molecule has 0 unspecified atom stereocenters. The van der Waals surface area contributed by atoms with Gasteiger partial charge in [0.25, 0.3) is 11.8 Å². The van der Waals surface area contributed by atoms with Crippen LogP contribution in [0.4, 0.5) is 10.1 Å². The van der Waals surface area contributed by atoms with E-state index in [0.717, 1.165) is 11.8 Å².